The first-order valence-corrected chi connectivity index (χ1v) is 11.1. The molecular formula is C21H16Cl3N3O2S. The molecule has 1 atom stereocenters. The topological polar surface area (TPSA) is 68.0 Å². The lowest BCUT2D eigenvalue weighted by molar-refractivity contribution is -0.117. The zero-order valence-electron chi connectivity index (χ0n) is 16.0. The second-order valence-corrected chi connectivity index (χ2v) is 8.65. The number of nitrogens with zero attached hydrogens (tertiary/aromatic N) is 2. The number of carbonyl (C=O) groups excluding carboxylic acids is 1. The largest absolute Gasteiger partial charge is 0.436 e. The highest BCUT2D eigenvalue weighted by molar-refractivity contribution is 7.11. The van der Waals surface area contributed by atoms with E-state index in [-0.39, 0.29) is 5.91 Å². The van der Waals surface area contributed by atoms with Gasteiger partial charge in [-0.3, -0.25) is 4.79 Å². The quantitative estimate of drug-likeness (QED) is 0.327. The molecule has 4 aromatic rings. The van der Waals surface area contributed by atoms with Crippen molar-refractivity contribution < 1.29 is 9.21 Å². The van der Waals surface area contributed by atoms with Crippen molar-refractivity contribution in [2.24, 2.45) is 0 Å². The average molecular weight is 481 g/mol. The average Bonchev–Trinajstić information content (AvgIpc) is 3.30. The van der Waals surface area contributed by atoms with E-state index in [0.29, 0.717) is 49.0 Å². The van der Waals surface area contributed by atoms with Gasteiger partial charge in [-0.05, 0) is 54.7 Å². The molecule has 1 unspecified atom stereocenters. The van der Waals surface area contributed by atoms with Crippen molar-refractivity contribution in [1.82, 2.24) is 9.36 Å². The Kier molecular flexibility index (Phi) is 6.02. The third-order valence-electron chi connectivity index (χ3n) is 4.75. The van der Waals surface area contributed by atoms with Crippen molar-refractivity contribution >= 4 is 68.3 Å². The van der Waals surface area contributed by atoms with E-state index < -0.39 is 5.92 Å². The highest BCUT2D eigenvalue weighted by Gasteiger charge is 2.21. The van der Waals surface area contributed by atoms with Crippen LogP contribution in [-0.4, -0.2) is 15.3 Å². The molecule has 0 spiro atoms. The summed E-state index contributed by atoms with van der Waals surface area (Å²) in [6.07, 6.45) is 0.710. The number of benzene rings is 2. The van der Waals surface area contributed by atoms with Crippen molar-refractivity contribution in [2.75, 3.05) is 5.32 Å². The molecule has 30 heavy (non-hydrogen) atoms. The fraction of sp³-hybridized carbons (Fsp3) is 0.190. The predicted molar refractivity (Wildman–Crippen MR) is 123 cm³/mol. The monoisotopic (exact) mass is 479 g/mol. The highest BCUT2D eigenvalue weighted by Crippen LogP contribution is 2.36. The zero-order valence-corrected chi connectivity index (χ0v) is 19.1. The van der Waals surface area contributed by atoms with Crippen LogP contribution >= 0.6 is 46.3 Å². The molecule has 0 aliphatic carbocycles. The third kappa shape index (κ3) is 3.93. The first-order valence-electron chi connectivity index (χ1n) is 9.18. The Balaban J connectivity index is 1.61. The lowest BCUT2D eigenvalue weighted by atomic mass is 10.00. The Hall–Kier alpha value is -2.12. The molecule has 2 aromatic carbocycles. The van der Waals surface area contributed by atoms with Crippen molar-refractivity contribution in [1.29, 1.82) is 0 Å². The molecule has 154 valence electrons. The van der Waals surface area contributed by atoms with E-state index in [2.05, 4.69) is 14.7 Å². The number of hydrogen-bond donors (Lipinski definition) is 1. The summed E-state index contributed by atoms with van der Waals surface area (Å²) < 4.78 is 10.1. The molecule has 1 N–H and O–H groups in total. The summed E-state index contributed by atoms with van der Waals surface area (Å²) in [6.45, 7) is 3.78. The van der Waals surface area contributed by atoms with Crippen LogP contribution in [0, 0.1) is 0 Å². The molecule has 0 saturated carbocycles. The van der Waals surface area contributed by atoms with Gasteiger partial charge in [-0.2, -0.15) is 4.37 Å². The predicted octanol–water partition coefficient (Wildman–Crippen LogP) is 7.22. The Labute approximate surface area is 192 Å². The van der Waals surface area contributed by atoms with Gasteiger partial charge in [0.25, 0.3) is 0 Å². The van der Waals surface area contributed by atoms with E-state index in [4.69, 9.17) is 39.2 Å². The number of rotatable bonds is 5. The Morgan fingerprint density at radius 1 is 1.20 bits per heavy atom. The van der Waals surface area contributed by atoms with Crippen LogP contribution in [0.2, 0.25) is 15.1 Å². The van der Waals surface area contributed by atoms with Crippen LogP contribution in [0.15, 0.2) is 40.8 Å². The standard InChI is InChI=1S/C21H16Cl3N3O2S/c1-3-14-18(24)21(30-27-14)26-19(28)10(2)11-7-8-16-15(9-11)25-20(29-16)17-12(22)5-4-6-13(17)23/h4-10H,3H2,1-2H3,(H,26,28). The van der Waals surface area contributed by atoms with E-state index in [1.807, 2.05) is 26.0 Å². The normalized spacial score (nSPS) is 12.3. The summed E-state index contributed by atoms with van der Waals surface area (Å²) in [4.78, 5) is 17.3. The Morgan fingerprint density at radius 3 is 2.60 bits per heavy atom. The Morgan fingerprint density at radius 2 is 1.93 bits per heavy atom. The first kappa shape index (κ1) is 21.1. The van der Waals surface area contributed by atoms with Crippen LogP contribution in [-0.2, 0) is 11.2 Å². The van der Waals surface area contributed by atoms with Gasteiger partial charge >= 0.3 is 0 Å². The van der Waals surface area contributed by atoms with Crippen LogP contribution in [0.1, 0.15) is 31.0 Å². The summed E-state index contributed by atoms with van der Waals surface area (Å²) in [5, 5.41) is 4.83. The SMILES string of the molecule is CCc1nsc(NC(=O)C(C)c2ccc3oc(-c4c(Cl)cccc4Cl)nc3c2)c1Cl. The summed E-state index contributed by atoms with van der Waals surface area (Å²) >= 11 is 20.0. The first-order chi connectivity index (χ1) is 14.4. The maximum absolute atomic E-state index is 12.7. The van der Waals surface area contributed by atoms with Crippen LogP contribution in [0.25, 0.3) is 22.6 Å². The third-order valence-corrected chi connectivity index (χ3v) is 6.70. The molecule has 0 bridgehead atoms. The van der Waals surface area contributed by atoms with Crippen LogP contribution < -0.4 is 5.32 Å². The van der Waals surface area contributed by atoms with Gasteiger partial charge in [-0.25, -0.2) is 4.98 Å². The van der Waals surface area contributed by atoms with Crippen molar-refractivity contribution in [3.63, 3.8) is 0 Å². The van der Waals surface area contributed by atoms with Gasteiger partial charge in [0.2, 0.25) is 11.8 Å². The van der Waals surface area contributed by atoms with Crippen molar-refractivity contribution in [2.45, 2.75) is 26.2 Å². The molecule has 2 heterocycles. The second kappa shape index (κ2) is 8.55. The molecule has 0 fully saturated rings. The molecule has 5 nitrogen and oxygen atoms in total. The molecule has 0 saturated heterocycles. The molecule has 1 amide bonds. The molecular weight excluding hydrogens is 465 g/mol. The lowest BCUT2D eigenvalue weighted by Gasteiger charge is -2.11. The molecule has 2 aromatic heterocycles. The zero-order chi connectivity index (χ0) is 21.4. The number of amides is 1. The number of halogens is 3. The van der Waals surface area contributed by atoms with E-state index in [1.165, 1.54) is 11.5 Å². The minimum Gasteiger partial charge on any atom is -0.436 e. The van der Waals surface area contributed by atoms with Gasteiger partial charge in [-0.1, -0.05) is 53.9 Å². The summed E-state index contributed by atoms with van der Waals surface area (Å²) in [7, 11) is 0. The van der Waals surface area contributed by atoms with Crippen molar-refractivity contribution in [3.05, 3.63) is 62.7 Å². The highest BCUT2D eigenvalue weighted by atomic mass is 35.5. The second-order valence-electron chi connectivity index (χ2n) is 6.68. The number of oxazole rings is 1. The van der Waals surface area contributed by atoms with Gasteiger partial charge in [-0.15, -0.1) is 0 Å². The van der Waals surface area contributed by atoms with Crippen LogP contribution in [0.4, 0.5) is 5.00 Å². The maximum atomic E-state index is 12.7. The van der Waals surface area contributed by atoms with Gasteiger partial charge in [0, 0.05) is 0 Å². The molecule has 4 rings (SSSR count). The fourth-order valence-electron chi connectivity index (χ4n) is 3.00. The van der Waals surface area contributed by atoms with E-state index >= 15 is 0 Å². The molecule has 0 radical (unpaired) electrons. The van der Waals surface area contributed by atoms with Gasteiger partial charge in [0.15, 0.2) is 5.58 Å². The lowest BCUT2D eigenvalue weighted by Crippen LogP contribution is -2.18. The molecule has 9 heteroatoms. The summed E-state index contributed by atoms with van der Waals surface area (Å²) in [5.41, 5.74) is 3.30. The number of fused-ring (bicyclic) bond motifs is 1. The fourth-order valence-corrected chi connectivity index (χ4v) is 4.71. The number of carbonyl (C=O) groups is 1. The van der Waals surface area contributed by atoms with Crippen LogP contribution in [0.5, 0.6) is 0 Å². The number of nitrogens with one attached hydrogen (secondary N) is 1. The summed E-state index contributed by atoms with van der Waals surface area (Å²) in [6, 6.07) is 10.6. The van der Waals surface area contributed by atoms with E-state index in [1.54, 1.807) is 24.3 Å². The number of hydrogen-bond acceptors (Lipinski definition) is 5. The van der Waals surface area contributed by atoms with E-state index in [0.717, 1.165) is 11.3 Å². The molecule has 0 aliphatic rings. The van der Waals surface area contributed by atoms with Gasteiger partial charge in [0.1, 0.15) is 10.5 Å². The number of aryl methyl sites for hydroxylation is 1. The van der Waals surface area contributed by atoms with E-state index in [9.17, 15) is 4.79 Å². The maximum Gasteiger partial charge on any atom is 0.232 e. The minimum absolute atomic E-state index is 0.180. The van der Waals surface area contributed by atoms with Gasteiger partial charge < -0.3 is 9.73 Å². The summed E-state index contributed by atoms with van der Waals surface area (Å²) in [5.74, 6) is -0.277. The minimum atomic E-state index is -0.429. The van der Waals surface area contributed by atoms with Crippen LogP contribution in [0.3, 0.4) is 0 Å². The van der Waals surface area contributed by atoms with Gasteiger partial charge in [0.05, 0.1) is 32.2 Å². The number of aromatic nitrogens is 2. The van der Waals surface area contributed by atoms with Crippen molar-refractivity contribution in [3.8, 4) is 11.5 Å². The smallest absolute Gasteiger partial charge is 0.232 e. The Bertz CT molecular complexity index is 1230. The number of anilines is 1. The molecule has 0 aliphatic heterocycles.